The van der Waals surface area contributed by atoms with Gasteiger partial charge in [0.25, 0.3) is 5.91 Å². The molecule has 0 aliphatic carbocycles. The Kier molecular flexibility index (Phi) is 8.39. The molecule has 0 spiro atoms. The number of carbonyl (C=O) groups is 2. The van der Waals surface area contributed by atoms with Crippen molar-refractivity contribution < 1.29 is 18.7 Å². The Morgan fingerprint density at radius 2 is 1.50 bits per heavy atom. The van der Waals surface area contributed by atoms with E-state index in [0.717, 1.165) is 33.0 Å². The molecule has 0 radical (unpaired) electrons. The van der Waals surface area contributed by atoms with Gasteiger partial charge in [-0.2, -0.15) is 0 Å². The van der Waals surface area contributed by atoms with Gasteiger partial charge in [0.1, 0.15) is 11.4 Å². The van der Waals surface area contributed by atoms with Crippen molar-refractivity contribution in [3.8, 4) is 0 Å². The molecule has 1 atom stereocenters. The number of fused-ring (bicyclic) bond motifs is 1. The van der Waals surface area contributed by atoms with Crippen LogP contribution in [0.5, 0.6) is 0 Å². The van der Waals surface area contributed by atoms with Crippen molar-refractivity contribution >= 4 is 28.3 Å². The van der Waals surface area contributed by atoms with Crippen LogP contribution >= 0.6 is 0 Å². The van der Waals surface area contributed by atoms with E-state index in [1.165, 1.54) is 17.7 Å². The number of pyridine rings is 1. The maximum absolute atomic E-state index is 13.8. The van der Waals surface area contributed by atoms with Crippen LogP contribution < -0.4 is 5.32 Å². The van der Waals surface area contributed by atoms with Crippen LogP contribution in [0, 0.1) is 5.82 Å². The number of benzene rings is 3. The summed E-state index contributed by atoms with van der Waals surface area (Å²) in [7, 11) is 0. The van der Waals surface area contributed by atoms with Crippen LogP contribution in [-0.4, -0.2) is 40.6 Å². The Hall–Kier alpha value is -4.52. The summed E-state index contributed by atoms with van der Waals surface area (Å²) < 4.78 is 19.4. The number of aromatic nitrogens is 1. The number of amides is 2. The van der Waals surface area contributed by atoms with Gasteiger partial charge in [0.2, 0.25) is 0 Å². The number of hydrogen-bond acceptors (Lipinski definition) is 4. The maximum atomic E-state index is 13.8. The molecule has 216 valence electrons. The maximum Gasteiger partial charge on any atom is 0.410 e. The molecule has 1 saturated heterocycles. The van der Waals surface area contributed by atoms with E-state index in [-0.39, 0.29) is 23.9 Å². The summed E-state index contributed by atoms with van der Waals surface area (Å²) in [4.78, 5) is 31.5. The van der Waals surface area contributed by atoms with Crippen molar-refractivity contribution in [1.29, 1.82) is 0 Å². The first-order valence-electron chi connectivity index (χ1n) is 14.3. The molecule has 1 N–H and O–H groups in total. The lowest BCUT2D eigenvalue weighted by Crippen LogP contribution is -2.40. The largest absolute Gasteiger partial charge is 0.444 e. The summed E-state index contributed by atoms with van der Waals surface area (Å²) in [5.41, 5.74) is 5.20. The smallest absolute Gasteiger partial charge is 0.410 e. The first kappa shape index (κ1) is 29.0. The van der Waals surface area contributed by atoms with E-state index in [2.05, 4.69) is 10.3 Å². The normalized spacial score (nSPS) is 14.4. The van der Waals surface area contributed by atoms with Gasteiger partial charge >= 0.3 is 6.09 Å². The minimum atomic E-state index is -0.544. The van der Waals surface area contributed by atoms with Crippen molar-refractivity contribution in [3.63, 3.8) is 0 Å². The molecule has 6 nitrogen and oxygen atoms in total. The minimum absolute atomic E-state index is 0.150. The monoisotopic (exact) mass is 565 g/mol. The summed E-state index contributed by atoms with van der Waals surface area (Å²) in [5, 5.41) is 5.05. The van der Waals surface area contributed by atoms with Gasteiger partial charge in [0.05, 0.1) is 6.04 Å². The second-order valence-electron chi connectivity index (χ2n) is 11.7. The Bertz CT molecular complexity index is 1610. The zero-order chi connectivity index (χ0) is 29.9. The summed E-state index contributed by atoms with van der Waals surface area (Å²) in [6, 6.07) is 22.0. The molecule has 0 bridgehead atoms. The number of piperidine rings is 1. The third kappa shape index (κ3) is 6.85. The van der Waals surface area contributed by atoms with Crippen molar-refractivity contribution in [1.82, 2.24) is 15.2 Å². The van der Waals surface area contributed by atoms with Gasteiger partial charge in [-0.3, -0.25) is 9.78 Å². The van der Waals surface area contributed by atoms with Crippen LogP contribution in [0.3, 0.4) is 0 Å². The minimum Gasteiger partial charge on any atom is -0.444 e. The van der Waals surface area contributed by atoms with Gasteiger partial charge in [-0.05, 0) is 98.5 Å². The van der Waals surface area contributed by atoms with Crippen LogP contribution in [0.1, 0.15) is 73.6 Å². The molecular formula is C35H36FN3O3. The van der Waals surface area contributed by atoms with Gasteiger partial charge < -0.3 is 15.0 Å². The summed E-state index contributed by atoms with van der Waals surface area (Å²) >= 11 is 0. The fourth-order valence-corrected chi connectivity index (χ4v) is 5.26. The molecule has 4 aromatic rings. The number of nitrogens with zero attached hydrogens (tertiary/aromatic N) is 2. The molecule has 0 unspecified atom stereocenters. The highest BCUT2D eigenvalue weighted by atomic mass is 19.1. The Morgan fingerprint density at radius 1 is 0.881 bits per heavy atom. The number of carbonyl (C=O) groups excluding carboxylic acids is 2. The van der Waals surface area contributed by atoms with E-state index in [4.69, 9.17) is 4.74 Å². The summed E-state index contributed by atoms with van der Waals surface area (Å²) in [6.45, 7) is 8.67. The molecule has 0 saturated carbocycles. The lowest BCUT2D eigenvalue weighted by molar-refractivity contribution is 0.0236. The number of ether oxygens (including phenoxy) is 1. The molecule has 2 amide bonds. The van der Waals surface area contributed by atoms with Crippen LogP contribution in [0.2, 0.25) is 0 Å². The SMILES string of the molecule is C[C@@H](NC(=O)c1ccc2ccncc2c1)c1ccc(C(=C2CCN(C(=O)OC(C)(C)C)CC2)c2ccc(F)cc2)cc1. The lowest BCUT2D eigenvalue weighted by atomic mass is 9.88. The molecule has 1 fully saturated rings. The second-order valence-corrected chi connectivity index (χ2v) is 11.7. The van der Waals surface area contributed by atoms with Gasteiger partial charge in [0, 0.05) is 36.4 Å². The number of likely N-dealkylation sites (tertiary alicyclic amines) is 1. The number of nitrogens with one attached hydrogen (secondary N) is 1. The molecule has 1 aromatic heterocycles. The third-order valence-electron chi connectivity index (χ3n) is 7.45. The average molecular weight is 566 g/mol. The topological polar surface area (TPSA) is 71.5 Å². The highest BCUT2D eigenvalue weighted by Gasteiger charge is 2.26. The fraction of sp³-hybridized carbons (Fsp3) is 0.286. The van der Waals surface area contributed by atoms with E-state index >= 15 is 0 Å². The van der Waals surface area contributed by atoms with E-state index in [1.807, 2.05) is 76.2 Å². The molecule has 1 aliphatic heterocycles. The van der Waals surface area contributed by atoms with E-state index in [1.54, 1.807) is 29.4 Å². The lowest BCUT2D eigenvalue weighted by Gasteiger charge is -2.32. The number of rotatable bonds is 5. The first-order chi connectivity index (χ1) is 20.1. The molecule has 7 heteroatoms. The van der Waals surface area contributed by atoms with Crippen LogP contribution in [0.15, 0.2) is 90.8 Å². The average Bonchev–Trinajstić information content (AvgIpc) is 2.98. The van der Waals surface area contributed by atoms with E-state index in [9.17, 15) is 14.0 Å². The van der Waals surface area contributed by atoms with Gasteiger partial charge in [-0.15, -0.1) is 0 Å². The number of halogens is 1. The van der Waals surface area contributed by atoms with Crippen LogP contribution in [0.4, 0.5) is 9.18 Å². The fourth-order valence-electron chi connectivity index (χ4n) is 5.26. The standard InChI is InChI=1S/C35H36FN3O3/c1-23(38-33(40)29-10-7-25-15-18-37-22-30(25)21-29)24-5-8-26(9-6-24)32(27-11-13-31(36)14-12-27)28-16-19-39(20-17-28)34(41)42-35(2,3)4/h5-15,18,21-23H,16-17,19-20H2,1-4H3,(H,38,40)/t23-/m1/s1. The van der Waals surface area contributed by atoms with Crippen molar-refractivity contribution in [2.45, 2.75) is 52.2 Å². The highest BCUT2D eigenvalue weighted by molar-refractivity contribution is 5.98. The Balaban J connectivity index is 1.34. The quantitative estimate of drug-likeness (QED) is 0.269. The predicted octanol–water partition coefficient (Wildman–Crippen LogP) is 7.70. The van der Waals surface area contributed by atoms with Gasteiger partial charge in [0.15, 0.2) is 0 Å². The molecule has 42 heavy (non-hydrogen) atoms. The zero-order valence-corrected chi connectivity index (χ0v) is 24.5. The van der Waals surface area contributed by atoms with Crippen molar-refractivity contribution in [2.75, 3.05) is 13.1 Å². The van der Waals surface area contributed by atoms with Crippen LogP contribution in [0.25, 0.3) is 16.3 Å². The molecule has 5 rings (SSSR count). The predicted molar refractivity (Wildman–Crippen MR) is 164 cm³/mol. The summed E-state index contributed by atoms with van der Waals surface area (Å²) in [6.07, 6.45) is 4.58. The summed E-state index contributed by atoms with van der Waals surface area (Å²) in [5.74, 6) is -0.436. The Morgan fingerprint density at radius 3 is 2.14 bits per heavy atom. The van der Waals surface area contributed by atoms with Crippen molar-refractivity contribution in [3.05, 3.63) is 119 Å². The molecule has 2 heterocycles. The number of hydrogen-bond donors (Lipinski definition) is 1. The van der Waals surface area contributed by atoms with E-state index in [0.29, 0.717) is 31.5 Å². The van der Waals surface area contributed by atoms with Gasteiger partial charge in [-0.25, -0.2) is 9.18 Å². The van der Waals surface area contributed by atoms with Crippen LogP contribution in [-0.2, 0) is 4.74 Å². The highest BCUT2D eigenvalue weighted by Crippen LogP contribution is 2.33. The zero-order valence-electron chi connectivity index (χ0n) is 24.5. The Labute approximate surface area is 246 Å². The van der Waals surface area contributed by atoms with E-state index < -0.39 is 5.60 Å². The third-order valence-corrected chi connectivity index (χ3v) is 7.45. The van der Waals surface area contributed by atoms with Gasteiger partial charge in [-0.1, -0.05) is 48.0 Å². The molecule has 1 aliphatic rings. The first-order valence-corrected chi connectivity index (χ1v) is 14.3. The molecule has 3 aromatic carbocycles. The molecular weight excluding hydrogens is 529 g/mol. The van der Waals surface area contributed by atoms with Crippen molar-refractivity contribution in [2.24, 2.45) is 0 Å². The second kappa shape index (κ2) is 12.1.